The number of fused-ring (bicyclic) bond motifs is 1. The van der Waals surface area contributed by atoms with Gasteiger partial charge in [-0.05, 0) is 45.0 Å². The summed E-state index contributed by atoms with van der Waals surface area (Å²) in [6, 6.07) is 17.4. The van der Waals surface area contributed by atoms with E-state index in [0.717, 1.165) is 22.6 Å². The summed E-state index contributed by atoms with van der Waals surface area (Å²) in [4.78, 5) is 19.4. The van der Waals surface area contributed by atoms with Crippen molar-refractivity contribution in [2.24, 2.45) is 0 Å². The Hall–Kier alpha value is -2.86. The molecule has 3 aromatic rings. The molecule has 1 N–H and O–H groups in total. The van der Waals surface area contributed by atoms with Gasteiger partial charge in [-0.1, -0.05) is 30.3 Å². The molecule has 0 radical (unpaired) electrons. The number of hydrogen-bond acceptors (Lipinski definition) is 4. The fourth-order valence-electron chi connectivity index (χ4n) is 4.10. The molecule has 1 saturated heterocycles. The topological polar surface area (TPSA) is 67.6 Å². The zero-order valence-corrected chi connectivity index (χ0v) is 17.8. The number of carbonyl (C=O) groups is 1. The predicted octanol–water partition coefficient (Wildman–Crippen LogP) is 3.59. The Morgan fingerprint density at radius 2 is 1.83 bits per heavy atom. The number of para-hydroxylation sites is 3. The monoisotopic (exact) mass is 407 g/mol. The third-order valence-electron chi connectivity index (χ3n) is 5.56. The number of aromatic nitrogens is 2. The van der Waals surface area contributed by atoms with Crippen molar-refractivity contribution in [1.82, 2.24) is 14.5 Å². The standard InChI is InChI=1S/C24H29N3O3/c1-24(2,3)27-14-17(13-22(27)29)23-25-20-11-7-8-12-21(20)26(23)15-18(28)16-30-19-9-5-4-6-10-19/h4-12,17-18,28H,13-16H2,1-3H3/t17-,18+/m0/s1. The number of nitrogens with zero attached hydrogens (tertiary/aromatic N) is 3. The Balaban J connectivity index is 1.57. The van der Waals surface area contributed by atoms with Crippen LogP contribution in [0.4, 0.5) is 0 Å². The smallest absolute Gasteiger partial charge is 0.223 e. The molecule has 1 aliphatic rings. The van der Waals surface area contributed by atoms with Gasteiger partial charge < -0.3 is 19.3 Å². The normalized spacial score (nSPS) is 18.2. The van der Waals surface area contributed by atoms with Crippen LogP contribution in [-0.4, -0.2) is 50.3 Å². The fourth-order valence-corrected chi connectivity index (χ4v) is 4.10. The summed E-state index contributed by atoms with van der Waals surface area (Å²) in [7, 11) is 0. The highest BCUT2D eigenvalue weighted by Gasteiger charge is 2.39. The summed E-state index contributed by atoms with van der Waals surface area (Å²) in [5.74, 6) is 1.75. The molecular formula is C24H29N3O3. The molecule has 6 heteroatoms. The molecule has 1 amide bonds. The van der Waals surface area contributed by atoms with E-state index in [1.54, 1.807) is 0 Å². The lowest BCUT2D eigenvalue weighted by atomic mass is 10.1. The van der Waals surface area contributed by atoms with Crippen LogP contribution in [0.15, 0.2) is 54.6 Å². The first-order valence-corrected chi connectivity index (χ1v) is 10.4. The minimum Gasteiger partial charge on any atom is -0.491 e. The van der Waals surface area contributed by atoms with Gasteiger partial charge in [0, 0.05) is 24.4 Å². The Bertz CT molecular complexity index is 1020. The van der Waals surface area contributed by atoms with Gasteiger partial charge in [0.15, 0.2) is 0 Å². The van der Waals surface area contributed by atoms with Gasteiger partial charge in [-0.3, -0.25) is 4.79 Å². The number of aliphatic hydroxyl groups is 1. The van der Waals surface area contributed by atoms with Gasteiger partial charge in [-0.15, -0.1) is 0 Å². The van der Waals surface area contributed by atoms with Crippen LogP contribution >= 0.6 is 0 Å². The van der Waals surface area contributed by atoms with Gasteiger partial charge in [0.05, 0.1) is 17.6 Å². The van der Waals surface area contributed by atoms with E-state index < -0.39 is 6.10 Å². The lowest BCUT2D eigenvalue weighted by molar-refractivity contribution is -0.131. The van der Waals surface area contributed by atoms with Gasteiger partial charge in [-0.2, -0.15) is 0 Å². The third-order valence-corrected chi connectivity index (χ3v) is 5.56. The highest BCUT2D eigenvalue weighted by atomic mass is 16.5. The van der Waals surface area contributed by atoms with Crippen molar-refractivity contribution in [2.75, 3.05) is 13.2 Å². The second-order valence-corrected chi connectivity index (χ2v) is 8.92. The second kappa shape index (κ2) is 8.11. The molecule has 1 fully saturated rings. The SMILES string of the molecule is CC(C)(C)N1C[C@@H](c2nc3ccccc3n2C[C@@H](O)COc2ccccc2)CC1=O. The van der Waals surface area contributed by atoms with Gasteiger partial charge in [0.1, 0.15) is 24.3 Å². The molecule has 0 saturated carbocycles. The number of ether oxygens (including phenoxy) is 1. The summed E-state index contributed by atoms with van der Waals surface area (Å²) < 4.78 is 7.78. The number of carbonyl (C=O) groups excluding carboxylic acids is 1. The van der Waals surface area contributed by atoms with E-state index in [2.05, 4.69) is 25.3 Å². The lowest BCUT2D eigenvalue weighted by Gasteiger charge is -2.32. The zero-order valence-electron chi connectivity index (χ0n) is 17.8. The first kappa shape index (κ1) is 20.4. The zero-order chi connectivity index (χ0) is 21.3. The van der Waals surface area contributed by atoms with Gasteiger partial charge in [0.25, 0.3) is 0 Å². The van der Waals surface area contributed by atoms with Crippen LogP contribution in [0.25, 0.3) is 11.0 Å². The van der Waals surface area contributed by atoms with Gasteiger partial charge in [-0.25, -0.2) is 4.98 Å². The first-order chi connectivity index (χ1) is 14.3. The van der Waals surface area contributed by atoms with Crippen molar-refractivity contribution in [1.29, 1.82) is 0 Å². The highest BCUT2D eigenvalue weighted by molar-refractivity contribution is 5.81. The molecule has 0 aliphatic carbocycles. The van der Waals surface area contributed by atoms with Crippen LogP contribution in [-0.2, 0) is 11.3 Å². The molecule has 0 spiro atoms. The number of benzene rings is 2. The molecule has 4 rings (SSSR count). The van der Waals surface area contributed by atoms with E-state index >= 15 is 0 Å². The van der Waals surface area contributed by atoms with E-state index in [0.29, 0.717) is 19.5 Å². The second-order valence-electron chi connectivity index (χ2n) is 8.92. The third kappa shape index (κ3) is 4.19. The summed E-state index contributed by atoms with van der Waals surface area (Å²) in [6.07, 6.45) is -0.255. The van der Waals surface area contributed by atoms with Crippen molar-refractivity contribution >= 4 is 16.9 Å². The molecular weight excluding hydrogens is 378 g/mol. The van der Waals surface area contributed by atoms with E-state index in [9.17, 15) is 9.90 Å². The molecule has 1 aliphatic heterocycles. The first-order valence-electron chi connectivity index (χ1n) is 10.4. The lowest BCUT2D eigenvalue weighted by Crippen LogP contribution is -2.42. The number of aliphatic hydroxyl groups excluding tert-OH is 1. The molecule has 30 heavy (non-hydrogen) atoms. The summed E-state index contributed by atoms with van der Waals surface area (Å²) in [6.45, 7) is 7.36. The largest absolute Gasteiger partial charge is 0.491 e. The minimum absolute atomic E-state index is 0.00590. The maximum absolute atomic E-state index is 12.6. The molecule has 0 bridgehead atoms. The fraction of sp³-hybridized carbons (Fsp3) is 0.417. The van der Waals surface area contributed by atoms with Crippen molar-refractivity contribution in [3.8, 4) is 5.75 Å². The maximum Gasteiger partial charge on any atom is 0.223 e. The summed E-state index contributed by atoms with van der Waals surface area (Å²) >= 11 is 0. The highest BCUT2D eigenvalue weighted by Crippen LogP contribution is 2.34. The maximum atomic E-state index is 12.6. The minimum atomic E-state index is -0.697. The predicted molar refractivity (Wildman–Crippen MR) is 117 cm³/mol. The van der Waals surface area contributed by atoms with Crippen LogP contribution in [0.3, 0.4) is 0 Å². The van der Waals surface area contributed by atoms with Crippen molar-refractivity contribution in [3.05, 3.63) is 60.4 Å². The molecule has 1 aromatic heterocycles. The van der Waals surface area contributed by atoms with Crippen molar-refractivity contribution in [3.63, 3.8) is 0 Å². The average Bonchev–Trinajstić information content (AvgIpc) is 3.28. The van der Waals surface area contributed by atoms with Crippen LogP contribution in [0, 0.1) is 0 Å². The van der Waals surface area contributed by atoms with Crippen molar-refractivity contribution < 1.29 is 14.6 Å². The Kier molecular flexibility index (Phi) is 5.52. The number of amides is 1. The number of rotatable bonds is 6. The molecule has 2 atom stereocenters. The van der Waals surface area contributed by atoms with Crippen LogP contribution in [0.2, 0.25) is 0 Å². The van der Waals surface area contributed by atoms with Gasteiger partial charge in [0.2, 0.25) is 5.91 Å². The number of likely N-dealkylation sites (tertiary alicyclic amines) is 1. The van der Waals surface area contributed by atoms with E-state index in [4.69, 9.17) is 9.72 Å². The van der Waals surface area contributed by atoms with Gasteiger partial charge >= 0.3 is 0 Å². The molecule has 0 unspecified atom stereocenters. The molecule has 158 valence electrons. The summed E-state index contributed by atoms with van der Waals surface area (Å²) in [5.41, 5.74) is 1.63. The quantitative estimate of drug-likeness (QED) is 0.678. The van der Waals surface area contributed by atoms with E-state index in [-0.39, 0.29) is 24.0 Å². The number of hydrogen-bond donors (Lipinski definition) is 1. The molecule has 2 aromatic carbocycles. The Labute approximate surface area is 177 Å². The average molecular weight is 408 g/mol. The van der Waals surface area contributed by atoms with Crippen LogP contribution in [0.1, 0.15) is 38.9 Å². The summed E-state index contributed by atoms with van der Waals surface area (Å²) in [5, 5.41) is 10.7. The Morgan fingerprint density at radius 3 is 2.53 bits per heavy atom. The van der Waals surface area contributed by atoms with Crippen molar-refractivity contribution in [2.45, 2.75) is 51.3 Å². The Morgan fingerprint density at radius 1 is 1.13 bits per heavy atom. The molecule has 6 nitrogen and oxygen atoms in total. The van der Waals surface area contributed by atoms with E-state index in [1.165, 1.54) is 0 Å². The van der Waals surface area contributed by atoms with E-state index in [1.807, 2.05) is 59.5 Å². The van der Waals surface area contributed by atoms with Crippen LogP contribution in [0.5, 0.6) is 5.75 Å². The molecule has 2 heterocycles. The van der Waals surface area contributed by atoms with Crippen LogP contribution < -0.4 is 4.74 Å². The number of imidazole rings is 1.